The molecular weight excluding hydrogens is 490 g/mol. The van der Waals surface area contributed by atoms with Crippen LogP contribution >= 0.6 is 0 Å². The van der Waals surface area contributed by atoms with Crippen molar-refractivity contribution in [2.45, 2.75) is 19.1 Å². The van der Waals surface area contributed by atoms with Crippen LogP contribution in [0, 0.1) is 11.3 Å². The topological polar surface area (TPSA) is 87.9 Å². The summed E-state index contributed by atoms with van der Waals surface area (Å²) in [6, 6.07) is 12.4. The number of piperazine rings is 2. The first-order valence-corrected chi connectivity index (χ1v) is 14.0. The molecule has 0 saturated carbocycles. The van der Waals surface area contributed by atoms with Gasteiger partial charge in [0.25, 0.3) is 0 Å². The van der Waals surface area contributed by atoms with Crippen molar-refractivity contribution in [3.63, 3.8) is 0 Å². The van der Waals surface area contributed by atoms with Gasteiger partial charge in [0, 0.05) is 95.3 Å². The van der Waals surface area contributed by atoms with E-state index in [0.29, 0.717) is 5.56 Å². The van der Waals surface area contributed by atoms with Crippen LogP contribution in [0.2, 0.25) is 0 Å². The van der Waals surface area contributed by atoms with E-state index in [9.17, 15) is 5.26 Å². The van der Waals surface area contributed by atoms with Crippen LogP contribution in [0.1, 0.15) is 12.5 Å². The molecule has 0 N–H and O–H groups in total. The first-order valence-electron chi connectivity index (χ1n) is 14.0. The van der Waals surface area contributed by atoms with Gasteiger partial charge in [-0.2, -0.15) is 5.26 Å². The van der Waals surface area contributed by atoms with Gasteiger partial charge >= 0.3 is 0 Å². The van der Waals surface area contributed by atoms with Crippen LogP contribution in [0.25, 0.3) is 10.9 Å². The molecule has 10 nitrogen and oxygen atoms in total. The Labute approximate surface area is 230 Å². The number of anilines is 3. The quantitative estimate of drug-likeness (QED) is 0.491. The Kier molecular flexibility index (Phi) is 7.46. The lowest BCUT2D eigenvalue weighted by Gasteiger charge is -2.42. The highest BCUT2D eigenvalue weighted by molar-refractivity contribution is 5.95. The van der Waals surface area contributed by atoms with E-state index in [2.05, 4.69) is 77.7 Å². The molecule has 3 saturated heterocycles. The normalized spacial score (nSPS) is 23.3. The standard InChI is InChI=1S/C29H37N9O/c1-22-18-38(26-6-5-23(17-30)29-25(26)4-3-7-31-29)20-24(39-22)19-35-10-14-37(15-11-35)28-16-27(32-21-33-28)36-12-8-34(2)9-13-36/h3-7,16,21-22,24H,8-15,18-20H2,1-2H3/t22-,24+/m1/s1. The van der Waals surface area contributed by atoms with E-state index >= 15 is 0 Å². The smallest absolute Gasteiger partial charge is 0.134 e. The number of benzene rings is 1. The van der Waals surface area contributed by atoms with Gasteiger partial charge in [0.1, 0.15) is 24.0 Å². The van der Waals surface area contributed by atoms with Gasteiger partial charge in [-0.15, -0.1) is 0 Å². The minimum atomic E-state index is 0.116. The Morgan fingerprint density at radius 1 is 0.897 bits per heavy atom. The molecule has 3 fully saturated rings. The summed E-state index contributed by atoms with van der Waals surface area (Å²) < 4.78 is 6.41. The van der Waals surface area contributed by atoms with Crippen LogP contribution in [-0.2, 0) is 4.74 Å². The lowest BCUT2D eigenvalue weighted by Crippen LogP contribution is -2.54. The van der Waals surface area contributed by atoms with Gasteiger partial charge in [0.05, 0.1) is 23.3 Å². The summed E-state index contributed by atoms with van der Waals surface area (Å²) in [7, 11) is 2.17. The molecule has 2 aromatic heterocycles. The number of likely N-dealkylation sites (N-methyl/N-ethyl adjacent to an activating group) is 1. The summed E-state index contributed by atoms with van der Waals surface area (Å²) in [5.41, 5.74) is 2.51. The number of ether oxygens (including phenoxy) is 1. The molecule has 0 amide bonds. The van der Waals surface area contributed by atoms with E-state index in [0.717, 1.165) is 100 Å². The van der Waals surface area contributed by atoms with Crippen LogP contribution in [-0.4, -0.2) is 116 Å². The molecule has 0 aliphatic carbocycles. The van der Waals surface area contributed by atoms with Crippen molar-refractivity contribution in [2.24, 2.45) is 0 Å². The van der Waals surface area contributed by atoms with Crippen molar-refractivity contribution in [1.29, 1.82) is 5.26 Å². The van der Waals surface area contributed by atoms with Gasteiger partial charge in [0.2, 0.25) is 0 Å². The van der Waals surface area contributed by atoms with Crippen molar-refractivity contribution in [1.82, 2.24) is 24.8 Å². The predicted molar refractivity (Wildman–Crippen MR) is 153 cm³/mol. The summed E-state index contributed by atoms with van der Waals surface area (Å²) in [6.07, 6.45) is 3.71. The Morgan fingerprint density at radius 2 is 1.62 bits per heavy atom. The molecule has 2 atom stereocenters. The molecular formula is C29H37N9O. The lowest BCUT2D eigenvalue weighted by atomic mass is 10.1. The van der Waals surface area contributed by atoms with E-state index in [1.54, 1.807) is 12.5 Å². The highest BCUT2D eigenvalue weighted by Crippen LogP contribution is 2.30. The molecule has 0 radical (unpaired) electrons. The summed E-state index contributed by atoms with van der Waals surface area (Å²) in [5, 5.41) is 10.6. The third-order valence-electron chi connectivity index (χ3n) is 8.16. The second kappa shape index (κ2) is 11.3. The maximum Gasteiger partial charge on any atom is 0.134 e. The first-order chi connectivity index (χ1) is 19.1. The zero-order chi connectivity index (χ0) is 26.8. The highest BCUT2D eigenvalue weighted by Gasteiger charge is 2.30. The van der Waals surface area contributed by atoms with Crippen molar-refractivity contribution >= 4 is 28.2 Å². The molecule has 39 heavy (non-hydrogen) atoms. The number of rotatable bonds is 5. The summed E-state index contributed by atoms with van der Waals surface area (Å²) >= 11 is 0. The fourth-order valence-corrected chi connectivity index (χ4v) is 6.03. The second-order valence-corrected chi connectivity index (χ2v) is 10.9. The minimum absolute atomic E-state index is 0.116. The van der Waals surface area contributed by atoms with Crippen molar-refractivity contribution in [3.05, 3.63) is 48.4 Å². The van der Waals surface area contributed by atoms with Gasteiger partial charge in [-0.25, -0.2) is 9.97 Å². The minimum Gasteiger partial charge on any atom is -0.370 e. The Bertz CT molecular complexity index is 1330. The zero-order valence-electron chi connectivity index (χ0n) is 22.9. The fourth-order valence-electron chi connectivity index (χ4n) is 6.03. The van der Waals surface area contributed by atoms with Crippen molar-refractivity contribution in [2.75, 3.05) is 93.7 Å². The molecule has 0 bridgehead atoms. The van der Waals surface area contributed by atoms with Crippen molar-refractivity contribution < 1.29 is 4.74 Å². The summed E-state index contributed by atoms with van der Waals surface area (Å²) in [5.74, 6) is 2.05. The molecule has 1 aromatic carbocycles. The molecule has 3 aromatic rings. The number of hydrogen-bond acceptors (Lipinski definition) is 10. The Hall–Kier alpha value is -3.52. The predicted octanol–water partition coefficient (Wildman–Crippen LogP) is 2.06. The van der Waals surface area contributed by atoms with Crippen LogP contribution in [0.3, 0.4) is 0 Å². The monoisotopic (exact) mass is 527 g/mol. The van der Waals surface area contributed by atoms with E-state index < -0.39 is 0 Å². The fraction of sp³-hybridized carbons (Fsp3) is 0.517. The summed E-state index contributed by atoms with van der Waals surface area (Å²) in [6.45, 7) is 12.7. The Morgan fingerprint density at radius 3 is 2.33 bits per heavy atom. The van der Waals surface area contributed by atoms with Gasteiger partial charge in [-0.3, -0.25) is 9.88 Å². The van der Waals surface area contributed by atoms with Crippen LogP contribution < -0.4 is 14.7 Å². The van der Waals surface area contributed by atoms with Gasteiger partial charge in [-0.05, 0) is 38.2 Å². The molecule has 3 aliphatic rings. The summed E-state index contributed by atoms with van der Waals surface area (Å²) in [4.78, 5) is 25.7. The van der Waals surface area contributed by atoms with Crippen LogP contribution in [0.15, 0.2) is 42.9 Å². The number of hydrogen-bond donors (Lipinski definition) is 0. The molecule has 10 heteroatoms. The molecule has 3 aliphatic heterocycles. The maximum absolute atomic E-state index is 9.53. The number of nitriles is 1. The third-order valence-corrected chi connectivity index (χ3v) is 8.16. The number of morpholine rings is 1. The molecule has 6 rings (SSSR count). The lowest BCUT2D eigenvalue weighted by molar-refractivity contribution is -0.0327. The maximum atomic E-state index is 9.53. The molecule has 0 unspecified atom stereocenters. The van der Waals surface area contributed by atoms with E-state index in [-0.39, 0.29) is 12.2 Å². The third kappa shape index (κ3) is 5.62. The van der Waals surface area contributed by atoms with Crippen LogP contribution in [0.5, 0.6) is 0 Å². The molecule has 0 spiro atoms. The second-order valence-electron chi connectivity index (χ2n) is 10.9. The van der Waals surface area contributed by atoms with Gasteiger partial charge in [-0.1, -0.05) is 0 Å². The number of nitrogens with zero attached hydrogens (tertiary/aromatic N) is 9. The van der Waals surface area contributed by atoms with Crippen molar-refractivity contribution in [3.8, 4) is 6.07 Å². The largest absolute Gasteiger partial charge is 0.370 e. The Balaban J connectivity index is 1.08. The average Bonchev–Trinajstić information content (AvgIpc) is 2.97. The molecule has 204 valence electrons. The average molecular weight is 528 g/mol. The highest BCUT2D eigenvalue weighted by atomic mass is 16.5. The molecule has 5 heterocycles. The van der Waals surface area contributed by atoms with E-state index in [4.69, 9.17) is 4.74 Å². The zero-order valence-corrected chi connectivity index (χ0v) is 22.9. The van der Waals surface area contributed by atoms with Crippen LogP contribution in [0.4, 0.5) is 17.3 Å². The van der Waals surface area contributed by atoms with Gasteiger partial charge in [0.15, 0.2) is 0 Å². The van der Waals surface area contributed by atoms with Gasteiger partial charge < -0.3 is 24.3 Å². The SMILES string of the molecule is C[C@@H]1CN(c2ccc(C#N)c3ncccc23)C[C@H](CN2CCN(c3cc(N4CCN(C)CC4)ncn3)CC2)O1. The number of aromatic nitrogens is 3. The van der Waals surface area contributed by atoms with E-state index in [1.807, 2.05) is 12.1 Å². The number of pyridine rings is 1. The van der Waals surface area contributed by atoms with E-state index in [1.165, 1.54) is 0 Å². The first kappa shape index (κ1) is 25.7. The number of fused-ring (bicyclic) bond motifs is 1.